The Labute approximate surface area is 427 Å². The van der Waals surface area contributed by atoms with Crippen LogP contribution in [0.25, 0.3) is 55.9 Å². The number of carbonyl (C=O) groups excluding carboxylic acids is 2. The lowest BCUT2D eigenvalue weighted by molar-refractivity contribution is 0.00731. The highest BCUT2D eigenvalue weighted by Gasteiger charge is 2.34. The lowest BCUT2D eigenvalue weighted by Crippen LogP contribution is -2.51. The van der Waals surface area contributed by atoms with Gasteiger partial charge in [0, 0.05) is 139 Å². The van der Waals surface area contributed by atoms with Crippen LogP contribution in [-0.4, -0.2) is 188 Å². The number of carbonyl (C=O) groups is 2. The average molecular weight is 1010 g/mol. The van der Waals surface area contributed by atoms with Gasteiger partial charge in [-0.15, -0.1) is 0 Å². The number of methoxy groups -OCH3 is 2. The lowest BCUT2D eigenvalue weighted by Gasteiger charge is -2.35. The van der Waals surface area contributed by atoms with Gasteiger partial charge in [-0.2, -0.15) is 19.2 Å². The van der Waals surface area contributed by atoms with Crippen LogP contribution < -0.4 is 21.3 Å². The average Bonchev–Trinajstić information content (AvgIpc) is 4.24. The second-order valence-corrected chi connectivity index (χ2v) is 19.1. The molecule has 4 fully saturated rings. The number of morpholine rings is 2. The first-order valence-corrected chi connectivity index (χ1v) is 25.6. The van der Waals surface area contributed by atoms with Crippen molar-refractivity contribution in [3.8, 4) is 22.5 Å². The van der Waals surface area contributed by atoms with Crippen molar-refractivity contribution in [2.45, 2.75) is 63.1 Å². The van der Waals surface area contributed by atoms with Crippen molar-refractivity contribution < 1.29 is 28.5 Å². The fraction of sp³-hybridized carbons (Fsp3) is 0.462. The summed E-state index contributed by atoms with van der Waals surface area (Å²) < 4.78 is 29.6. The molecule has 2 saturated heterocycles. The molecule has 22 nitrogen and oxygen atoms in total. The number of pyridine rings is 2. The van der Waals surface area contributed by atoms with Crippen LogP contribution in [0.2, 0.25) is 0 Å². The molecular weight excluding hydrogens is 945 g/mol. The van der Waals surface area contributed by atoms with Crippen LogP contribution in [0.5, 0.6) is 0 Å². The Morgan fingerprint density at radius 2 is 1.04 bits per heavy atom. The van der Waals surface area contributed by atoms with Crippen LogP contribution in [0.15, 0.2) is 73.6 Å². The van der Waals surface area contributed by atoms with Gasteiger partial charge in [-0.05, 0) is 49.9 Å². The van der Waals surface area contributed by atoms with Gasteiger partial charge in [0.2, 0.25) is 0 Å². The van der Waals surface area contributed by atoms with E-state index >= 15 is 0 Å². The number of ether oxygens (including phenoxy) is 4. The van der Waals surface area contributed by atoms with Crippen molar-refractivity contribution >= 4 is 56.8 Å². The minimum absolute atomic E-state index is 0.00918. The molecule has 2 saturated carbocycles. The smallest absolute Gasteiger partial charge is 0.257 e. The molecule has 0 bridgehead atoms. The minimum Gasteiger partial charge on any atom is -0.379 e. The molecule has 0 spiro atoms. The summed E-state index contributed by atoms with van der Waals surface area (Å²) in [5.41, 5.74) is 7.17. The maximum absolute atomic E-state index is 13.2. The predicted octanol–water partition coefficient (Wildman–Crippen LogP) is 4.05. The molecule has 8 aromatic rings. The Morgan fingerprint density at radius 3 is 1.42 bits per heavy atom. The summed E-state index contributed by atoms with van der Waals surface area (Å²) in [5, 5.41) is 23.5. The van der Waals surface area contributed by atoms with Crippen LogP contribution in [-0.2, 0) is 32.0 Å². The molecule has 2 amide bonds. The highest BCUT2D eigenvalue weighted by atomic mass is 16.5. The third-order valence-corrected chi connectivity index (χ3v) is 14.9. The van der Waals surface area contributed by atoms with Crippen LogP contribution in [0, 0.1) is 0 Å². The first-order valence-electron chi connectivity index (χ1n) is 25.6. The van der Waals surface area contributed by atoms with E-state index in [1.54, 1.807) is 35.6 Å². The number of hydrogen-bond donors (Lipinski definition) is 4. The summed E-state index contributed by atoms with van der Waals surface area (Å²) in [6, 6.07) is 12.0. The van der Waals surface area contributed by atoms with E-state index in [1.165, 1.54) is 0 Å². The quantitative estimate of drug-likeness (QED) is 0.107. The molecule has 8 aromatic heterocycles. The van der Waals surface area contributed by atoms with Gasteiger partial charge in [0.25, 0.3) is 11.8 Å². The SMILES string of the molecule is CNc1cc(-c2cn(CCN3CCOCC3)c3ncccc23)nc2c(C(=O)N[C@@H]3CC[C@H]3OC)cnn12.CNc1cc(-c2cn(CCN3CCOCC3)c3ncccc23)nc2c(C(=O)N[C@H]3CC[C@@H]3OC)cnn12. The first kappa shape index (κ1) is 49.1. The Morgan fingerprint density at radius 1 is 0.608 bits per heavy atom. The maximum Gasteiger partial charge on any atom is 0.257 e. The van der Waals surface area contributed by atoms with E-state index in [0.717, 1.165) is 161 Å². The number of aromatic nitrogens is 10. The summed E-state index contributed by atoms with van der Waals surface area (Å²) >= 11 is 0. The normalized spacial score (nSPS) is 20.3. The molecule has 2 aliphatic heterocycles. The topological polar surface area (TPSA) is 222 Å². The van der Waals surface area contributed by atoms with Crippen molar-refractivity contribution in [1.29, 1.82) is 0 Å². The molecule has 4 atom stereocenters. The van der Waals surface area contributed by atoms with Gasteiger partial charge in [-0.1, -0.05) is 0 Å². The number of nitrogens with one attached hydrogen (secondary N) is 4. The van der Waals surface area contributed by atoms with Gasteiger partial charge in [0.1, 0.15) is 34.1 Å². The summed E-state index contributed by atoms with van der Waals surface area (Å²) in [6.45, 7) is 10.4. The highest BCUT2D eigenvalue weighted by Crippen LogP contribution is 2.34. The Balaban J connectivity index is 0.000000159. The fourth-order valence-electron chi connectivity index (χ4n) is 10.3. The van der Waals surface area contributed by atoms with Crippen molar-refractivity contribution in [1.82, 2.24) is 68.7 Å². The van der Waals surface area contributed by atoms with Crippen molar-refractivity contribution in [3.63, 3.8) is 0 Å². The zero-order valence-corrected chi connectivity index (χ0v) is 42.4. The molecule has 22 heteroatoms. The second-order valence-electron chi connectivity index (χ2n) is 19.1. The largest absolute Gasteiger partial charge is 0.379 e. The summed E-state index contributed by atoms with van der Waals surface area (Å²) in [6.07, 6.45) is 14.8. The molecule has 0 aromatic carbocycles. The lowest BCUT2D eigenvalue weighted by atomic mass is 9.89. The third kappa shape index (κ3) is 9.75. The van der Waals surface area contributed by atoms with Crippen LogP contribution in [0.3, 0.4) is 0 Å². The van der Waals surface area contributed by atoms with E-state index in [2.05, 4.69) is 84.9 Å². The van der Waals surface area contributed by atoms with E-state index in [1.807, 2.05) is 50.8 Å². The van der Waals surface area contributed by atoms with Crippen molar-refractivity contribution in [3.05, 3.63) is 84.7 Å². The molecule has 0 radical (unpaired) electrons. The van der Waals surface area contributed by atoms with Crippen LogP contribution >= 0.6 is 0 Å². The van der Waals surface area contributed by atoms with E-state index in [9.17, 15) is 9.59 Å². The number of rotatable bonds is 16. The molecule has 388 valence electrons. The zero-order chi connectivity index (χ0) is 50.7. The molecule has 4 aliphatic rings. The fourth-order valence-corrected chi connectivity index (χ4v) is 10.3. The zero-order valence-electron chi connectivity index (χ0n) is 42.4. The summed E-state index contributed by atoms with van der Waals surface area (Å²) in [7, 11) is 7.03. The standard InChI is InChI=1S/2C26H32N8O3/c2*1-27-23-14-21(30-25-18(15-29-34(23)25)26(35)31-20-5-6-22(20)36-2)19-16-33(24-17(19)4-3-7-28-24)9-8-32-10-12-37-13-11-32/h2*3-4,7,14-16,20,22,27H,5-6,8-13H2,1-2H3,(H,31,35)/t2*20-,22-/m10/s1. The monoisotopic (exact) mass is 1010 g/mol. The second kappa shape index (κ2) is 21.8. The number of anilines is 2. The molecule has 2 aliphatic carbocycles. The molecular formula is C52H64N16O6. The van der Waals surface area contributed by atoms with Crippen molar-refractivity contribution in [2.24, 2.45) is 0 Å². The van der Waals surface area contributed by atoms with E-state index in [0.29, 0.717) is 22.4 Å². The van der Waals surface area contributed by atoms with Gasteiger partial charge in [-0.25, -0.2) is 19.9 Å². The Bertz CT molecular complexity index is 3060. The maximum atomic E-state index is 13.2. The predicted molar refractivity (Wildman–Crippen MR) is 280 cm³/mol. The molecule has 0 unspecified atom stereocenters. The highest BCUT2D eigenvalue weighted by molar-refractivity contribution is 6.02. The Kier molecular flexibility index (Phi) is 14.5. The van der Waals surface area contributed by atoms with Crippen LogP contribution in [0.4, 0.5) is 11.6 Å². The summed E-state index contributed by atoms with van der Waals surface area (Å²) in [5.74, 6) is 1.11. The van der Waals surface area contributed by atoms with Gasteiger partial charge in [0.15, 0.2) is 11.3 Å². The van der Waals surface area contributed by atoms with Gasteiger partial charge >= 0.3 is 0 Å². The van der Waals surface area contributed by atoms with E-state index < -0.39 is 0 Å². The van der Waals surface area contributed by atoms with E-state index in [4.69, 9.17) is 28.9 Å². The molecule has 10 heterocycles. The van der Waals surface area contributed by atoms with Gasteiger partial charge in [-0.3, -0.25) is 19.4 Å². The first-order chi connectivity index (χ1) is 36.3. The number of fused-ring (bicyclic) bond motifs is 4. The molecule has 4 N–H and O–H groups in total. The Hall–Kier alpha value is -7.08. The summed E-state index contributed by atoms with van der Waals surface area (Å²) in [4.78, 5) is 50.4. The number of nitrogens with zero attached hydrogens (tertiary/aromatic N) is 12. The molecule has 12 rings (SSSR count). The molecule has 74 heavy (non-hydrogen) atoms. The number of hydrogen-bond acceptors (Lipinski definition) is 16. The van der Waals surface area contributed by atoms with Gasteiger partial charge in [0.05, 0.1) is 74.5 Å². The third-order valence-electron chi connectivity index (χ3n) is 14.9. The minimum atomic E-state index is -0.192. The van der Waals surface area contributed by atoms with E-state index in [-0.39, 0.29) is 36.1 Å². The van der Waals surface area contributed by atoms with Crippen molar-refractivity contribution in [2.75, 3.05) is 105 Å². The number of amides is 2. The van der Waals surface area contributed by atoms with Gasteiger partial charge < -0.3 is 49.3 Å². The van der Waals surface area contributed by atoms with Crippen LogP contribution in [0.1, 0.15) is 46.4 Å².